The van der Waals surface area contributed by atoms with Gasteiger partial charge < -0.3 is 0 Å². The van der Waals surface area contributed by atoms with Crippen LogP contribution in [0.25, 0.3) is 0 Å². The lowest BCUT2D eigenvalue weighted by Gasteiger charge is -2.16. The molecule has 0 spiro atoms. The Balaban J connectivity index is 2.59. The van der Waals surface area contributed by atoms with Gasteiger partial charge in [-0.2, -0.15) is 17.6 Å². The van der Waals surface area contributed by atoms with Gasteiger partial charge in [-0.3, -0.25) is 0 Å². The van der Waals surface area contributed by atoms with Crippen LogP contribution in [-0.4, -0.2) is 20.2 Å². The van der Waals surface area contributed by atoms with E-state index < -0.39 is 27.5 Å². The number of benzene rings is 1. The van der Waals surface area contributed by atoms with Gasteiger partial charge in [0.15, 0.2) is 0 Å². The summed E-state index contributed by atoms with van der Waals surface area (Å²) in [6.07, 6.45) is -2.08. The second-order valence-electron chi connectivity index (χ2n) is 6.20. The Morgan fingerprint density at radius 1 is 1.19 bits per heavy atom. The summed E-state index contributed by atoms with van der Waals surface area (Å²) in [4.78, 5) is 4.26. The van der Waals surface area contributed by atoms with Crippen LogP contribution in [0.3, 0.4) is 0 Å². The van der Waals surface area contributed by atoms with E-state index >= 15 is 0 Å². The lowest BCUT2D eigenvalue weighted by Crippen LogP contribution is -2.20. The Labute approximate surface area is 161 Å². The molecule has 0 amide bonds. The van der Waals surface area contributed by atoms with Gasteiger partial charge in [0, 0.05) is 22.9 Å². The number of aromatic nitrogens is 1. The zero-order valence-electron chi connectivity index (χ0n) is 14.2. The molecule has 2 rings (SSSR count). The third kappa shape index (κ3) is 5.31. The molecular formula is C17H16ClF3N2OS2. The average Bonchev–Trinajstić information content (AvgIpc) is 2.54. The lowest BCUT2D eigenvalue weighted by molar-refractivity contribution is -0.137. The predicted molar refractivity (Wildman–Crippen MR) is 100 cm³/mol. The summed E-state index contributed by atoms with van der Waals surface area (Å²) in [7, 11) is -1.70. The summed E-state index contributed by atoms with van der Waals surface area (Å²) in [6, 6.07) is 7.17. The Hall–Kier alpha value is -1.38. The van der Waals surface area contributed by atoms with Crippen LogP contribution in [0.4, 0.5) is 13.2 Å². The highest BCUT2D eigenvalue weighted by molar-refractivity contribution is 7.99. The summed E-state index contributed by atoms with van der Waals surface area (Å²) >= 11 is 7.15. The Morgan fingerprint density at radius 2 is 1.88 bits per heavy atom. The molecule has 0 aliphatic rings. The number of hydrogen-bond acceptors (Lipinski definition) is 3. The third-order valence-electron chi connectivity index (χ3n) is 3.10. The molecule has 0 saturated carbocycles. The molecule has 3 nitrogen and oxygen atoms in total. The van der Waals surface area contributed by atoms with E-state index in [1.807, 2.05) is 0 Å². The maximum absolute atomic E-state index is 13.5. The fourth-order valence-corrected chi connectivity index (χ4v) is 3.53. The van der Waals surface area contributed by atoms with Gasteiger partial charge in [-0.1, -0.05) is 29.4 Å². The largest absolute Gasteiger partial charge is 0.417 e. The molecule has 140 valence electrons. The molecular weight excluding hydrogens is 405 g/mol. The minimum Gasteiger partial charge on any atom is -0.250 e. The highest BCUT2D eigenvalue weighted by atomic mass is 35.5. The summed E-state index contributed by atoms with van der Waals surface area (Å²) in [5, 5.41) is 0.622. The van der Waals surface area contributed by atoms with Crippen LogP contribution in [0, 0.1) is 0 Å². The molecule has 0 bridgehead atoms. The highest BCUT2D eigenvalue weighted by Gasteiger charge is 2.35. The van der Waals surface area contributed by atoms with Crippen LogP contribution in [0.2, 0.25) is 5.02 Å². The van der Waals surface area contributed by atoms with Crippen molar-refractivity contribution >= 4 is 40.6 Å². The fraction of sp³-hybridized carbons (Fsp3) is 0.294. The molecule has 9 heteroatoms. The van der Waals surface area contributed by atoms with Crippen molar-refractivity contribution in [2.75, 3.05) is 0 Å². The number of alkyl halides is 3. The first kappa shape index (κ1) is 20.9. The van der Waals surface area contributed by atoms with E-state index in [1.165, 1.54) is 12.3 Å². The fourth-order valence-electron chi connectivity index (χ4n) is 1.82. The first-order valence-electron chi connectivity index (χ1n) is 7.45. The number of nitrogens with zero attached hydrogens (tertiary/aromatic N) is 2. The molecule has 1 atom stereocenters. The normalized spacial score (nSPS) is 14.0. The first-order chi connectivity index (χ1) is 12.0. The van der Waals surface area contributed by atoms with Gasteiger partial charge in [0.2, 0.25) is 0 Å². The SMILES string of the molecule is CC(C)(C)S(=O)N=Cc1c(C(F)(F)F)ccc(Cl)c1Sc1ccccn1. The maximum atomic E-state index is 13.5. The van der Waals surface area contributed by atoms with Crippen molar-refractivity contribution in [1.29, 1.82) is 0 Å². The molecule has 2 aromatic rings. The Kier molecular flexibility index (Phi) is 6.52. The van der Waals surface area contributed by atoms with Gasteiger partial charge in [0.1, 0.15) is 16.0 Å². The summed E-state index contributed by atoms with van der Waals surface area (Å²) < 4.78 is 55.6. The molecule has 0 radical (unpaired) electrons. The van der Waals surface area contributed by atoms with Gasteiger partial charge in [0.25, 0.3) is 0 Å². The van der Waals surface area contributed by atoms with E-state index in [9.17, 15) is 17.4 Å². The summed E-state index contributed by atoms with van der Waals surface area (Å²) in [6.45, 7) is 5.06. The molecule has 1 aromatic carbocycles. The van der Waals surface area contributed by atoms with Gasteiger partial charge in [0.05, 0.1) is 15.3 Å². The zero-order chi connectivity index (χ0) is 19.5. The monoisotopic (exact) mass is 420 g/mol. The summed E-state index contributed by atoms with van der Waals surface area (Å²) in [5.41, 5.74) is -1.12. The number of hydrogen-bond donors (Lipinski definition) is 0. The number of halogens is 4. The Bertz CT molecular complexity index is 834. The van der Waals surface area contributed by atoms with E-state index in [2.05, 4.69) is 9.38 Å². The van der Waals surface area contributed by atoms with Crippen molar-refractivity contribution in [2.24, 2.45) is 4.40 Å². The number of rotatable bonds is 4. The molecule has 26 heavy (non-hydrogen) atoms. The van der Waals surface area contributed by atoms with Gasteiger partial charge in [-0.05, 0) is 45.0 Å². The quantitative estimate of drug-likeness (QED) is 0.588. The van der Waals surface area contributed by atoms with Crippen molar-refractivity contribution in [3.05, 3.63) is 52.7 Å². The minimum atomic E-state index is -4.60. The second-order valence-corrected chi connectivity index (χ2v) is 9.57. The van der Waals surface area contributed by atoms with Crippen molar-refractivity contribution in [3.63, 3.8) is 0 Å². The molecule has 0 saturated heterocycles. The smallest absolute Gasteiger partial charge is 0.250 e. The van der Waals surface area contributed by atoms with Crippen molar-refractivity contribution in [3.8, 4) is 0 Å². The van der Waals surface area contributed by atoms with Crippen molar-refractivity contribution in [2.45, 2.75) is 41.6 Å². The lowest BCUT2D eigenvalue weighted by atomic mass is 10.1. The van der Waals surface area contributed by atoms with Gasteiger partial charge in [-0.15, -0.1) is 0 Å². The van der Waals surface area contributed by atoms with E-state index in [4.69, 9.17) is 11.6 Å². The van der Waals surface area contributed by atoms with Crippen LogP contribution in [0.5, 0.6) is 0 Å². The number of pyridine rings is 1. The van der Waals surface area contributed by atoms with E-state index in [0.717, 1.165) is 24.0 Å². The topological polar surface area (TPSA) is 42.3 Å². The summed E-state index contributed by atoms with van der Waals surface area (Å²) in [5.74, 6) is 0. The molecule has 1 unspecified atom stereocenters. The average molecular weight is 421 g/mol. The van der Waals surface area contributed by atoms with E-state index in [0.29, 0.717) is 5.03 Å². The van der Waals surface area contributed by atoms with Crippen LogP contribution in [0.1, 0.15) is 31.9 Å². The van der Waals surface area contributed by atoms with Crippen molar-refractivity contribution in [1.82, 2.24) is 4.98 Å². The molecule has 0 fully saturated rings. The molecule has 1 aromatic heterocycles. The van der Waals surface area contributed by atoms with Crippen LogP contribution in [0.15, 0.2) is 50.8 Å². The van der Waals surface area contributed by atoms with Crippen LogP contribution < -0.4 is 0 Å². The standard InChI is InChI=1S/C17H16ClF3N2OS2/c1-16(2,3)26(24)23-10-11-12(17(19,20)21)7-8-13(18)15(11)25-14-6-4-5-9-22-14/h4-10H,1-3H3. The van der Waals surface area contributed by atoms with E-state index in [1.54, 1.807) is 39.0 Å². The third-order valence-corrected chi connectivity index (χ3v) is 5.97. The van der Waals surface area contributed by atoms with Crippen LogP contribution in [-0.2, 0) is 17.2 Å². The van der Waals surface area contributed by atoms with E-state index in [-0.39, 0.29) is 15.5 Å². The first-order valence-corrected chi connectivity index (χ1v) is 9.75. The predicted octanol–water partition coefficient (Wildman–Crippen LogP) is 5.79. The van der Waals surface area contributed by atoms with Gasteiger partial charge >= 0.3 is 6.18 Å². The molecule has 0 N–H and O–H groups in total. The van der Waals surface area contributed by atoms with Crippen molar-refractivity contribution < 1.29 is 17.4 Å². The zero-order valence-corrected chi connectivity index (χ0v) is 16.6. The molecule has 1 heterocycles. The van der Waals surface area contributed by atoms with Gasteiger partial charge in [-0.25, -0.2) is 9.19 Å². The Morgan fingerprint density at radius 3 is 2.42 bits per heavy atom. The van der Waals surface area contributed by atoms with Crippen LogP contribution >= 0.6 is 23.4 Å². The maximum Gasteiger partial charge on any atom is 0.417 e. The minimum absolute atomic E-state index is 0.136. The second kappa shape index (κ2) is 8.10. The molecule has 0 aliphatic heterocycles. The highest BCUT2D eigenvalue weighted by Crippen LogP contribution is 2.41. The molecule has 0 aliphatic carbocycles.